The van der Waals surface area contributed by atoms with Crippen LogP contribution in [0.5, 0.6) is 5.88 Å². The van der Waals surface area contributed by atoms with E-state index in [1.165, 1.54) is 6.07 Å². The Morgan fingerprint density at radius 1 is 1.19 bits per heavy atom. The summed E-state index contributed by atoms with van der Waals surface area (Å²) in [6.07, 6.45) is 1.57. The zero-order valence-electron chi connectivity index (χ0n) is 16.6. The van der Waals surface area contributed by atoms with Crippen molar-refractivity contribution >= 4 is 5.82 Å². The van der Waals surface area contributed by atoms with Crippen LogP contribution in [-0.4, -0.2) is 36.6 Å². The first kappa shape index (κ1) is 19.2. The Morgan fingerprint density at radius 2 is 2.03 bits per heavy atom. The molecule has 1 N–H and O–H groups in total. The summed E-state index contributed by atoms with van der Waals surface area (Å²) in [6.45, 7) is 2.79. The molecular weight excluding hydrogens is 406 g/mol. The second-order valence-electron chi connectivity index (χ2n) is 7.36. The highest BCUT2D eigenvalue weighted by molar-refractivity contribution is 5.54. The highest BCUT2D eigenvalue weighted by Gasteiger charge is 2.27. The van der Waals surface area contributed by atoms with E-state index in [-0.39, 0.29) is 36.4 Å². The lowest BCUT2D eigenvalue weighted by Crippen LogP contribution is -2.31. The van der Waals surface area contributed by atoms with Gasteiger partial charge in [-0.3, -0.25) is 4.68 Å². The Morgan fingerprint density at radius 3 is 2.87 bits per heavy atom. The van der Waals surface area contributed by atoms with E-state index in [4.69, 9.17) is 4.52 Å². The molecule has 31 heavy (non-hydrogen) atoms. The molecule has 1 aromatic carbocycles. The summed E-state index contributed by atoms with van der Waals surface area (Å²) in [5, 5.41) is 17.7. The minimum Gasteiger partial charge on any atom is -0.491 e. The molecule has 0 saturated carbocycles. The first-order chi connectivity index (χ1) is 15.0. The lowest BCUT2D eigenvalue weighted by Gasteiger charge is -2.26. The van der Waals surface area contributed by atoms with Crippen molar-refractivity contribution in [2.75, 3.05) is 11.4 Å². The number of aryl methyl sites for hydroxylation is 1. The molecule has 10 heteroatoms. The molecule has 0 bridgehead atoms. The van der Waals surface area contributed by atoms with Crippen molar-refractivity contribution in [3.63, 3.8) is 0 Å². The number of benzene rings is 1. The summed E-state index contributed by atoms with van der Waals surface area (Å²) in [6, 6.07) is 8.29. The van der Waals surface area contributed by atoms with Crippen molar-refractivity contribution in [3.05, 3.63) is 70.7 Å². The molecule has 4 aromatic rings. The lowest BCUT2D eigenvalue weighted by molar-refractivity contribution is 0.340. The van der Waals surface area contributed by atoms with Crippen molar-refractivity contribution in [1.82, 2.24) is 24.9 Å². The van der Waals surface area contributed by atoms with Gasteiger partial charge in [0.1, 0.15) is 11.5 Å². The SMILES string of the molecule is Cc1cc(-c2ncc(F)c(N3CCc4c(O)noc4C3)n2)nn1Cc1ccccc1F. The molecule has 0 saturated heterocycles. The normalized spacial score (nSPS) is 13.5. The summed E-state index contributed by atoms with van der Waals surface area (Å²) < 4.78 is 35.3. The lowest BCUT2D eigenvalue weighted by atomic mass is 10.1. The maximum Gasteiger partial charge on any atom is 0.255 e. The fraction of sp³-hybridized carbons (Fsp3) is 0.238. The van der Waals surface area contributed by atoms with Gasteiger partial charge in [0.15, 0.2) is 23.2 Å². The van der Waals surface area contributed by atoms with Crippen LogP contribution in [0.15, 0.2) is 41.1 Å². The third-order valence-electron chi connectivity index (χ3n) is 5.33. The van der Waals surface area contributed by atoms with Crippen LogP contribution in [0.25, 0.3) is 11.5 Å². The number of hydrogen-bond donors (Lipinski definition) is 1. The number of anilines is 1. The molecule has 4 heterocycles. The van der Waals surface area contributed by atoms with Gasteiger partial charge in [-0.25, -0.2) is 18.7 Å². The number of fused-ring (bicyclic) bond motifs is 1. The summed E-state index contributed by atoms with van der Waals surface area (Å²) in [4.78, 5) is 10.2. The van der Waals surface area contributed by atoms with Crippen LogP contribution in [0.4, 0.5) is 14.6 Å². The molecule has 0 spiro atoms. The highest BCUT2D eigenvalue weighted by Crippen LogP contribution is 2.30. The van der Waals surface area contributed by atoms with E-state index >= 15 is 0 Å². The number of aromatic hydroxyl groups is 1. The second kappa shape index (κ2) is 7.46. The summed E-state index contributed by atoms with van der Waals surface area (Å²) in [7, 11) is 0. The van der Waals surface area contributed by atoms with E-state index in [1.54, 1.807) is 33.8 Å². The van der Waals surface area contributed by atoms with Gasteiger partial charge in [-0.1, -0.05) is 18.2 Å². The molecule has 1 aliphatic rings. The summed E-state index contributed by atoms with van der Waals surface area (Å²) in [5.41, 5.74) is 2.41. The van der Waals surface area contributed by atoms with E-state index < -0.39 is 5.82 Å². The third-order valence-corrected chi connectivity index (χ3v) is 5.33. The molecule has 5 rings (SSSR count). The maximum atomic E-state index is 14.5. The van der Waals surface area contributed by atoms with E-state index in [0.717, 1.165) is 11.9 Å². The van der Waals surface area contributed by atoms with E-state index in [9.17, 15) is 13.9 Å². The van der Waals surface area contributed by atoms with Crippen molar-refractivity contribution in [2.45, 2.75) is 26.4 Å². The molecule has 0 amide bonds. The zero-order valence-corrected chi connectivity index (χ0v) is 16.6. The third kappa shape index (κ3) is 3.49. The van der Waals surface area contributed by atoms with Crippen LogP contribution in [0, 0.1) is 18.6 Å². The Hall–Kier alpha value is -3.82. The quantitative estimate of drug-likeness (QED) is 0.538. The van der Waals surface area contributed by atoms with Gasteiger partial charge in [0, 0.05) is 17.8 Å². The van der Waals surface area contributed by atoms with Crippen LogP contribution in [0.3, 0.4) is 0 Å². The van der Waals surface area contributed by atoms with Gasteiger partial charge in [-0.2, -0.15) is 5.10 Å². The molecule has 158 valence electrons. The molecule has 3 aromatic heterocycles. The molecular formula is C21H18F2N6O2. The van der Waals surface area contributed by atoms with Gasteiger partial charge in [-0.15, -0.1) is 0 Å². The van der Waals surface area contributed by atoms with Crippen LogP contribution < -0.4 is 4.90 Å². The Balaban J connectivity index is 1.44. The predicted octanol–water partition coefficient (Wildman–Crippen LogP) is 3.23. The minimum absolute atomic E-state index is 0.118. The van der Waals surface area contributed by atoms with Gasteiger partial charge < -0.3 is 14.5 Å². The largest absolute Gasteiger partial charge is 0.491 e. The van der Waals surface area contributed by atoms with Crippen LogP contribution in [0.2, 0.25) is 0 Å². The maximum absolute atomic E-state index is 14.5. The molecule has 0 unspecified atom stereocenters. The number of aromatic nitrogens is 5. The fourth-order valence-corrected chi connectivity index (χ4v) is 3.66. The molecule has 1 aliphatic heterocycles. The van der Waals surface area contributed by atoms with Crippen LogP contribution in [-0.2, 0) is 19.5 Å². The standard InChI is InChI=1S/C21H18F2N6O2/c1-12-8-17(26-29(12)10-13-4-2-3-5-15(13)22)19-24-9-16(23)20(25-19)28-7-6-14-18(11-28)31-27-21(14)30/h2-5,8-9H,6-7,10-11H2,1H3,(H,27,30). The molecule has 8 nitrogen and oxygen atoms in total. The first-order valence-corrected chi connectivity index (χ1v) is 9.71. The van der Waals surface area contributed by atoms with Gasteiger partial charge in [0.25, 0.3) is 5.88 Å². The number of nitrogens with zero attached hydrogens (tertiary/aromatic N) is 6. The first-order valence-electron chi connectivity index (χ1n) is 9.71. The van der Waals surface area contributed by atoms with Gasteiger partial charge in [0.2, 0.25) is 0 Å². The van der Waals surface area contributed by atoms with Crippen molar-refractivity contribution in [2.24, 2.45) is 0 Å². The smallest absolute Gasteiger partial charge is 0.255 e. The Kier molecular flexibility index (Phi) is 4.61. The summed E-state index contributed by atoms with van der Waals surface area (Å²) >= 11 is 0. The zero-order chi connectivity index (χ0) is 21.5. The van der Waals surface area contributed by atoms with Crippen molar-refractivity contribution in [1.29, 1.82) is 0 Å². The van der Waals surface area contributed by atoms with E-state index in [0.29, 0.717) is 35.5 Å². The Bertz CT molecular complexity index is 1270. The second-order valence-corrected chi connectivity index (χ2v) is 7.36. The van der Waals surface area contributed by atoms with E-state index in [2.05, 4.69) is 20.2 Å². The minimum atomic E-state index is -0.571. The Labute approximate surface area is 175 Å². The van der Waals surface area contributed by atoms with Crippen LogP contribution >= 0.6 is 0 Å². The molecule has 0 fully saturated rings. The van der Waals surface area contributed by atoms with Crippen LogP contribution in [0.1, 0.15) is 22.6 Å². The molecule has 0 radical (unpaired) electrons. The topological polar surface area (TPSA) is 93.1 Å². The predicted molar refractivity (Wildman–Crippen MR) is 106 cm³/mol. The summed E-state index contributed by atoms with van der Waals surface area (Å²) in [5.74, 6) is -0.144. The average molecular weight is 424 g/mol. The average Bonchev–Trinajstić information content (AvgIpc) is 3.32. The highest BCUT2D eigenvalue weighted by atomic mass is 19.1. The van der Waals surface area contributed by atoms with Crippen molar-refractivity contribution in [3.8, 4) is 17.4 Å². The fourth-order valence-electron chi connectivity index (χ4n) is 3.66. The van der Waals surface area contributed by atoms with Gasteiger partial charge in [0.05, 0.1) is 24.8 Å². The van der Waals surface area contributed by atoms with E-state index in [1.807, 2.05) is 6.92 Å². The number of rotatable bonds is 4. The molecule has 0 atom stereocenters. The van der Waals surface area contributed by atoms with Crippen molar-refractivity contribution < 1.29 is 18.4 Å². The monoisotopic (exact) mass is 424 g/mol. The van der Waals surface area contributed by atoms with Gasteiger partial charge >= 0.3 is 0 Å². The number of halogens is 2. The molecule has 0 aliphatic carbocycles. The number of hydrogen-bond acceptors (Lipinski definition) is 7. The van der Waals surface area contributed by atoms with Gasteiger partial charge in [-0.05, 0) is 30.6 Å².